The van der Waals surface area contributed by atoms with E-state index in [1.54, 1.807) is 11.8 Å². The summed E-state index contributed by atoms with van der Waals surface area (Å²) in [5.74, 6) is 0. The van der Waals surface area contributed by atoms with Gasteiger partial charge in [-0.1, -0.05) is 12.1 Å². The second-order valence-electron chi connectivity index (χ2n) is 2.74. The molecule has 0 heterocycles. The molecule has 13 heavy (non-hydrogen) atoms. The van der Waals surface area contributed by atoms with E-state index < -0.39 is 0 Å². The van der Waals surface area contributed by atoms with Crippen LogP contribution >= 0.6 is 11.8 Å². The van der Waals surface area contributed by atoms with Crippen LogP contribution in [0.1, 0.15) is 12.5 Å². The van der Waals surface area contributed by atoms with Crippen LogP contribution in [0.4, 0.5) is 0 Å². The van der Waals surface area contributed by atoms with Crippen molar-refractivity contribution < 1.29 is 0 Å². The molecule has 0 bridgehead atoms. The molecule has 0 radical (unpaired) electrons. The van der Waals surface area contributed by atoms with Crippen molar-refractivity contribution in [2.75, 3.05) is 0 Å². The SMILES string of the molecule is CC(C#N)Sc1cccc(CN)c1. The number of nitrogens with two attached hydrogens (primary N) is 1. The van der Waals surface area contributed by atoms with E-state index in [9.17, 15) is 0 Å². The fourth-order valence-corrected chi connectivity index (χ4v) is 1.81. The van der Waals surface area contributed by atoms with Gasteiger partial charge in [0.2, 0.25) is 0 Å². The van der Waals surface area contributed by atoms with Crippen LogP contribution in [-0.2, 0) is 6.54 Å². The maximum atomic E-state index is 8.63. The number of nitriles is 1. The molecule has 0 spiro atoms. The maximum Gasteiger partial charge on any atom is 0.0935 e. The number of rotatable bonds is 3. The molecule has 0 fully saturated rings. The third-order valence-electron chi connectivity index (χ3n) is 1.63. The molecule has 1 aromatic rings. The van der Waals surface area contributed by atoms with Crippen molar-refractivity contribution in [3.05, 3.63) is 29.8 Å². The van der Waals surface area contributed by atoms with Gasteiger partial charge < -0.3 is 5.73 Å². The van der Waals surface area contributed by atoms with E-state index in [1.165, 1.54) is 0 Å². The van der Waals surface area contributed by atoms with Crippen LogP contribution in [0, 0.1) is 11.3 Å². The van der Waals surface area contributed by atoms with Gasteiger partial charge in [-0.3, -0.25) is 0 Å². The van der Waals surface area contributed by atoms with Gasteiger partial charge in [-0.15, -0.1) is 11.8 Å². The van der Waals surface area contributed by atoms with E-state index in [1.807, 2.05) is 31.2 Å². The summed E-state index contributed by atoms with van der Waals surface area (Å²) >= 11 is 1.56. The normalized spacial score (nSPS) is 12.1. The molecule has 0 amide bonds. The fraction of sp³-hybridized carbons (Fsp3) is 0.300. The zero-order chi connectivity index (χ0) is 9.68. The summed E-state index contributed by atoms with van der Waals surface area (Å²) in [6, 6.07) is 10.2. The quantitative estimate of drug-likeness (QED) is 0.746. The van der Waals surface area contributed by atoms with Gasteiger partial charge in [0, 0.05) is 11.4 Å². The number of hydrogen-bond acceptors (Lipinski definition) is 3. The Hall–Kier alpha value is -0.980. The summed E-state index contributed by atoms with van der Waals surface area (Å²) in [7, 11) is 0. The third-order valence-corrected chi connectivity index (χ3v) is 2.61. The zero-order valence-electron chi connectivity index (χ0n) is 7.53. The van der Waals surface area contributed by atoms with Crippen molar-refractivity contribution >= 4 is 11.8 Å². The monoisotopic (exact) mass is 192 g/mol. The Morgan fingerprint density at radius 3 is 3.00 bits per heavy atom. The Balaban J connectivity index is 2.73. The molecule has 1 rings (SSSR count). The molecular formula is C10H12N2S. The van der Waals surface area contributed by atoms with Crippen LogP contribution in [0.25, 0.3) is 0 Å². The Morgan fingerprint density at radius 2 is 2.38 bits per heavy atom. The highest BCUT2D eigenvalue weighted by Gasteiger charge is 2.02. The van der Waals surface area contributed by atoms with Crippen LogP contribution in [0.2, 0.25) is 0 Å². The van der Waals surface area contributed by atoms with E-state index in [-0.39, 0.29) is 5.25 Å². The molecule has 0 aliphatic rings. The number of thioether (sulfide) groups is 1. The lowest BCUT2D eigenvalue weighted by molar-refractivity contribution is 1.06. The Morgan fingerprint density at radius 1 is 1.62 bits per heavy atom. The third kappa shape index (κ3) is 3.10. The highest BCUT2D eigenvalue weighted by Crippen LogP contribution is 2.23. The van der Waals surface area contributed by atoms with Crippen molar-refractivity contribution in [3.8, 4) is 6.07 Å². The molecule has 0 saturated carbocycles. The van der Waals surface area contributed by atoms with Gasteiger partial charge in [0.1, 0.15) is 0 Å². The lowest BCUT2D eigenvalue weighted by Gasteiger charge is -2.03. The van der Waals surface area contributed by atoms with Crippen molar-refractivity contribution in [2.45, 2.75) is 23.6 Å². The molecular weight excluding hydrogens is 180 g/mol. The van der Waals surface area contributed by atoms with Crippen molar-refractivity contribution in [1.29, 1.82) is 5.26 Å². The topological polar surface area (TPSA) is 49.8 Å². The van der Waals surface area contributed by atoms with Crippen LogP contribution in [0.3, 0.4) is 0 Å². The Kier molecular flexibility index (Phi) is 3.81. The highest BCUT2D eigenvalue weighted by atomic mass is 32.2. The number of nitrogens with zero attached hydrogens (tertiary/aromatic N) is 1. The van der Waals surface area contributed by atoms with Crippen molar-refractivity contribution in [2.24, 2.45) is 5.73 Å². The largest absolute Gasteiger partial charge is 0.326 e. The first-order valence-electron chi connectivity index (χ1n) is 4.11. The molecule has 0 aromatic heterocycles. The molecule has 0 aliphatic carbocycles. The van der Waals surface area contributed by atoms with Gasteiger partial charge in [0.05, 0.1) is 11.3 Å². The summed E-state index contributed by atoms with van der Waals surface area (Å²) < 4.78 is 0. The van der Waals surface area contributed by atoms with Gasteiger partial charge in [0.15, 0.2) is 0 Å². The Bertz CT molecular complexity index is 317. The summed E-state index contributed by atoms with van der Waals surface area (Å²) in [5, 5.41) is 8.62. The molecule has 0 saturated heterocycles. The maximum absolute atomic E-state index is 8.63. The van der Waals surface area contributed by atoms with Gasteiger partial charge >= 0.3 is 0 Å². The first-order chi connectivity index (χ1) is 6.26. The van der Waals surface area contributed by atoms with Gasteiger partial charge in [-0.25, -0.2) is 0 Å². The van der Waals surface area contributed by atoms with Crippen LogP contribution < -0.4 is 5.73 Å². The average molecular weight is 192 g/mol. The molecule has 3 heteroatoms. The van der Waals surface area contributed by atoms with Crippen LogP contribution in [-0.4, -0.2) is 5.25 Å². The minimum Gasteiger partial charge on any atom is -0.326 e. The van der Waals surface area contributed by atoms with E-state index in [0.29, 0.717) is 6.54 Å². The summed E-state index contributed by atoms with van der Waals surface area (Å²) in [6.45, 7) is 2.44. The summed E-state index contributed by atoms with van der Waals surface area (Å²) in [6.07, 6.45) is 0. The number of hydrogen-bond donors (Lipinski definition) is 1. The van der Waals surface area contributed by atoms with E-state index >= 15 is 0 Å². The fourth-order valence-electron chi connectivity index (χ4n) is 0.976. The second-order valence-corrected chi connectivity index (χ2v) is 4.15. The predicted octanol–water partition coefficient (Wildman–Crippen LogP) is 2.15. The molecule has 2 nitrogen and oxygen atoms in total. The van der Waals surface area contributed by atoms with Crippen LogP contribution in [0.5, 0.6) is 0 Å². The van der Waals surface area contributed by atoms with Crippen molar-refractivity contribution in [3.63, 3.8) is 0 Å². The summed E-state index contributed by atoms with van der Waals surface area (Å²) in [4.78, 5) is 1.11. The van der Waals surface area contributed by atoms with E-state index in [4.69, 9.17) is 11.0 Å². The molecule has 68 valence electrons. The van der Waals surface area contributed by atoms with Crippen LogP contribution in [0.15, 0.2) is 29.2 Å². The second kappa shape index (κ2) is 4.90. The lowest BCUT2D eigenvalue weighted by atomic mass is 10.2. The van der Waals surface area contributed by atoms with Gasteiger partial charge in [0.25, 0.3) is 0 Å². The molecule has 0 aliphatic heterocycles. The predicted molar refractivity (Wildman–Crippen MR) is 55.3 cm³/mol. The lowest BCUT2D eigenvalue weighted by Crippen LogP contribution is -1.96. The average Bonchev–Trinajstić information content (AvgIpc) is 2.18. The van der Waals surface area contributed by atoms with Gasteiger partial charge in [-0.05, 0) is 24.6 Å². The smallest absolute Gasteiger partial charge is 0.0935 e. The standard InChI is InChI=1S/C10H12N2S/c1-8(6-11)13-10-4-2-3-9(5-10)7-12/h2-5,8H,7,12H2,1H3. The first-order valence-corrected chi connectivity index (χ1v) is 4.99. The molecule has 1 aromatic carbocycles. The highest BCUT2D eigenvalue weighted by molar-refractivity contribution is 8.00. The van der Waals surface area contributed by atoms with Gasteiger partial charge in [-0.2, -0.15) is 5.26 Å². The Labute approximate surface area is 82.7 Å². The molecule has 1 atom stereocenters. The molecule has 1 unspecified atom stereocenters. The summed E-state index contributed by atoms with van der Waals surface area (Å²) in [5.41, 5.74) is 6.61. The first kappa shape index (κ1) is 10.1. The minimum absolute atomic E-state index is 0.00646. The van der Waals surface area contributed by atoms with Crippen molar-refractivity contribution in [1.82, 2.24) is 0 Å². The molecule has 2 N–H and O–H groups in total. The minimum atomic E-state index is -0.00646. The number of benzene rings is 1. The zero-order valence-corrected chi connectivity index (χ0v) is 8.34. The van der Waals surface area contributed by atoms with E-state index in [2.05, 4.69) is 6.07 Å². The van der Waals surface area contributed by atoms with E-state index in [0.717, 1.165) is 10.5 Å².